The van der Waals surface area contributed by atoms with Crippen molar-refractivity contribution in [2.45, 2.75) is 19.8 Å². The highest BCUT2D eigenvalue weighted by molar-refractivity contribution is 7.18. The number of aromatic nitrogens is 4. The van der Waals surface area contributed by atoms with Crippen molar-refractivity contribution < 1.29 is 4.39 Å². The molecule has 0 aliphatic rings. The normalized spacial score (nSPS) is 12.6. The number of aromatic amines is 1. The monoisotopic (exact) mass is 463 g/mol. The lowest BCUT2D eigenvalue weighted by molar-refractivity contribution is 0.640. The van der Waals surface area contributed by atoms with Gasteiger partial charge in [0.25, 0.3) is 0 Å². The summed E-state index contributed by atoms with van der Waals surface area (Å²) < 4.78 is 13.7. The molecule has 0 radical (unpaired) electrons. The van der Waals surface area contributed by atoms with Crippen molar-refractivity contribution in [3.05, 3.63) is 71.5 Å². The van der Waals surface area contributed by atoms with Crippen molar-refractivity contribution in [1.29, 1.82) is 0 Å². The molecule has 3 N–H and O–H groups in total. The second-order valence-electron chi connectivity index (χ2n) is 7.37. The SMILES string of the molecule is C/C(F)=C\C=C/N=CCNc1nccc2sc(CCNCCc3nc4ccccc4[nH]3)nc12. The number of nitrogens with zero attached hydrogens (tertiary/aromatic N) is 4. The van der Waals surface area contributed by atoms with Crippen LogP contribution in [0.3, 0.4) is 0 Å². The molecule has 7 nitrogen and oxygen atoms in total. The van der Waals surface area contributed by atoms with Crippen LogP contribution in [0.4, 0.5) is 10.2 Å². The van der Waals surface area contributed by atoms with Gasteiger partial charge < -0.3 is 15.6 Å². The van der Waals surface area contributed by atoms with Gasteiger partial charge in [-0.25, -0.2) is 19.3 Å². The van der Waals surface area contributed by atoms with Gasteiger partial charge >= 0.3 is 0 Å². The summed E-state index contributed by atoms with van der Waals surface area (Å²) in [6, 6.07) is 10.1. The Morgan fingerprint density at radius 1 is 1.18 bits per heavy atom. The number of para-hydroxylation sites is 2. The van der Waals surface area contributed by atoms with Crippen molar-refractivity contribution in [2.24, 2.45) is 4.99 Å². The summed E-state index contributed by atoms with van der Waals surface area (Å²) in [7, 11) is 0. The molecule has 3 aromatic heterocycles. The summed E-state index contributed by atoms with van der Waals surface area (Å²) in [5.41, 5.74) is 2.96. The molecule has 3 heterocycles. The van der Waals surface area contributed by atoms with Crippen molar-refractivity contribution in [3.8, 4) is 0 Å². The number of thiazole rings is 1. The van der Waals surface area contributed by atoms with Crippen molar-refractivity contribution >= 4 is 44.6 Å². The van der Waals surface area contributed by atoms with Gasteiger partial charge in [0.15, 0.2) is 5.82 Å². The van der Waals surface area contributed by atoms with E-state index in [1.54, 1.807) is 36.0 Å². The maximum absolute atomic E-state index is 12.6. The molecule has 0 bridgehead atoms. The van der Waals surface area contributed by atoms with Crippen LogP contribution in [0.1, 0.15) is 17.8 Å². The average molecular weight is 464 g/mol. The summed E-state index contributed by atoms with van der Waals surface area (Å²) in [5.74, 6) is 1.48. The lowest BCUT2D eigenvalue weighted by Crippen LogP contribution is -2.20. The minimum atomic E-state index is -0.254. The molecule has 0 amide bonds. The smallest absolute Gasteiger partial charge is 0.153 e. The summed E-state index contributed by atoms with van der Waals surface area (Å²) in [6.07, 6.45) is 9.65. The van der Waals surface area contributed by atoms with Gasteiger partial charge in [-0.15, -0.1) is 11.3 Å². The Labute approximate surface area is 195 Å². The minimum Gasteiger partial charge on any atom is -0.363 e. The number of aliphatic imine (C=N–C) groups is 1. The topological polar surface area (TPSA) is 90.9 Å². The second-order valence-corrected chi connectivity index (χ2v) is 8.49. The zero-order valence-electron chi connectivity index (χ0n) is 18.4. The largest absolute Gasteiger partial charge is 0.363 e. The first-order valence-electron chi connectivity index (χ1n) is 10.8. The molecular formula is C24H26FN7S. The molecule has 0 saturated heterocycles. The van der Waals surface area contributed by atoms with Gasteiger partial charge in [-0.2, -0.15) is 0 Å². The quantitative estimate of drug-likeness (QED) is 0.169. The molecule has 0 aliphatic heterocycles. The van der Waals surface area contributed by atoms with Gasteiger partial charge in [0.05, 0.1) is 33.1 Å². The van der Waals surface area contributed by atoms with Gasteiger partial charge in [-0.1, -0.05) is 12.1 Å². The first kappa shape index (κ1) is 22.8. The Morgan fingerprint density at radius 2 is 2.06 bits per heavy atom. The van der Waals surface area contributed by atoms with Crippen LogP contribution >= 0.6 is 11.3 Å². The van der Waals surface area contributed by atoms with Crippen LogP contribution in [0.5, 0.6) is 0 Å². The summed E-state index contributed by atoms with van der Waals surface area (Å²) in [6.45, 7) is 3.60. The lowest BCUT2D eigenvalue weighted by Gasteiger charge is -2.02. The standard InChI is InChI=1S/C24H26FN7S/c1-17(25)5-4-11-26-15-16-29-24-23-20(8-14-28-24)33-22(32-23)10-13-27-12-9-21-30-18-6-2-3-7-19(18)31-21/h2-8,11,14-15,27H,9-10,12-13,16H2,1H3,(H,28,29)(H,30,31)/b11-4-,17-5+,26-15?. The second kappa shape index (κ2) is 11.4. The van der Waals surface area contributed by atoms with Gasteiger partial charge in [-0.3, -0.25) is 4.99 Å². The molecule has 0 atom stereocenters. The summed E-state index contributed by atoms with van der Waals surface area (Å²) in [4.78, 5) is 21.2. The third-order valence-electron chi connectivity index (χ3n) is 4.81. The molecular weight excluding hydrogens is 437 g/mol. The van der Waals surface area contributed by atoms with Crippen LogP contribution < -0.4 is 10.6 Å². The minimum absolute atomic E-state index is 0.254. The fraction of sp³-hybridized carbons (Fsp3) is 0.250. The molecule has 1 aromatic carbocycles. The van der Waals surface area contributed by atoms with E-state index in [0.29, 0.717) is 6.54 Å². The zero-order chi connectivity index (χ0) is 22.9. The number of nitrogens with one attached hydrogen (secondary N) is 3. The number of imidazole rings is 1. The van der Waals surface area contributed by atoms with E-state index in [4.69, 9.17) is 4.98 Å². The summed E-state index contributed by atoms with van der Waals surface area (Å²) >= 11 is 1.69. The van der Waals surface area contributed by atoms with E-state index in [1.165, 1.54) is 13.0 Å². The van der Waals surface area contributed by atoms with Crippen molar-refractivity contribution in [2.75, 3.05) is 25.0 Å². The van der Waals surface area contributed by atoms with Crippen LogP contribution in [0.15, 0.2) is 65.7 Å². The van der Waals surface area contributed by atoms with Crippen LogP contribution in [-0.4, -0.2) is 45.8 Å². The highest BCUT2D eigenvalue weighted by Gasteiger charge is 2.09. The Bertz CT molecular complexity index is 1250. The molecule has 9 heteroatoms. The molecule has 0 saturated carbocycles. The first-order valence-corrected chi connectivity index (χ1v) is 11.6. The molecule has 33 heavy (non-hydrogen) atoms. The van der Waals surface area contributed by atoms with E-state index in [9.17, 15) is 4.39 Å². The fourth-order valence-corrected chi connectivity index (χ4v) is 4.23. The molecule has 4 rings (SSSR count). The van der Waals surface area contributed by atoms with Crippen LogP contribution in [0, 0.1) is 0 Å². The van der Waals surface area contributed by atoms with E-state index >= 15 is 0 Å². The average Bonchev–Trinajstić information content (AvgIpc) is 3.41. The highest BCUT2D eigenvalue weighted by Crippen LogP contribution is 2.26. The van der Waals surface area contributed by atoms with E-state index < -0.39 is 0 Å². The Balaban J connectivity index is 1.24. The Hall–Kier alpha value is -3.43. The van der Waals surface area contributed by atoms with Crippen molar-refractivity contribution in [1.82, 2.24) is 25.3 Å². The lowest BCUT2D eigenvalue weighted by atomic mass is 10.3. The Kier molecular flexibility index (Phi) is 7.89. The molecule has 0 spiro atoms. The number of allylic oxidation sites excluding steroid dienone is 3. The summed E-state index contributed by atoms with van der Waals surface area (Å²) in [5, 5.41) is 7.79. The van der Waals surface area contributed by atoms with Gasteiger partial charge in [-0.05, 0) is 37.3 Å². The van der Waals surface area contributed by atoms with Crippen molar-refractivity contribution in [3.63, 3.8) is 0 Å². The van der Waals surface area contributed by atoms with Gasteiger partial charge in [0.1, 0.15) is 11.3 Å². The number of pyridine rings is 1. The predicted molar refractivity (Wildman–Crippen MR) is 135 cm³/mol. The number of rotatable bonds is 11. The number of halogens is 1. The number of hydrogen-bond donors (Lipinski definition) is 3. The molecule has 4 aromatic rings. The maximum atomic E-state index is 12.6. The number of H-pyrrole nitrogens is 1. The van der Waals surface area contributed by atoms with E-state index in [2.05, 4.69) is 30.6 Å². The zero-order valence-corrected chi connectivity index (χ0v) is 19.2. The number of benzene rings is 1. The molecule has 170 valence electrons. The van der Waals surface area contributed by atoms with Gasteiger partial charge in [0, 0.05) is 44.5 Å². The molecule has 0 aliphatic carbocycles. The Morgan fingerprint density at radius 3 is 2.94 bits per heavy atom. The fourth-order valence-electron chi connectivity index (χ4n) is 3.27. The van der Waals surface area contributed by atoms with Crippen LogP contribution in [0.25, 0.3) is 21.3 Å². The number of fused-ring (bicyclic) bond motifs is 2. The van der Waals surface area contributed by atoms with E-state index in [0.717, 1.165) is 63.8 Å². The molecule has 0 fully saturated rings. The maximum Gasteiger partial charge on any atom is 0.153 e. The van der Waals surface area contributed by atoms with Crippen LogP contribution in [-0.2, 0) is 12.8 Å². The molecule has 0 unspecified atom stereocenters. The number of anilines is 1. The number of hydrogen-bond acceptors (Lipinski definition) is 7. The third-order valence-corrected chi connectivity index (χ3v) is 5.89. The first-order chi connectivity index (χ1) is 16.2. The van der Waals surface area contributed by atoms with Crippen LogP contribution in [0.2, 0.25) is 0 Å². The highest BCUT2D eigenvalue weighted by atomic mass is 32.1. The van der Waals surface area contributed by atoms with Gasteiger partial charge in [0.2, 0.25) is 0 Å². The van der Waals surface area contributed by atoms with E-state index in [1.807, 2.05) is 30.3 Å². The predicted octanol–water partition coefficient (Wildman–Crippen LogP) is 4.81. The van der Waals surface area contributed by atoms with E-state index in [-0.39, 0.29) is 5.83 Å². The third kappa shape index (κ3) is 6.53.